The van der Waals surface area contributed by atoms with Gasteiger partial charge in [-0.15, -0.1) is 24.0 Å². The van der Waals surface area contributed by atoms with Crippen LogP contribution in [0.25, 0.3) is 0 Å². The molecular weight excluding hydrogens is 475 g/mol. The molecule has 3 N–H and O–H groups in total. The number of hydrogen-bond acceptors (Lipinski definition) is 3. The number of nitrogens with zero attached hydrogens (tertiary/aromatic N) is 2. The number of rotatable bonds is 5. The van der Waals surface area contributed by atoms with E-state index in [2.05, 4.69) is 33.5 Å². The molecular formula is C20H26ClIN4O. The first-order valence-corrected chi connectivity index (χ1v) is 9.35. The van der Waals surface area contributed by atoms with E-state index in [-0.39, 0.29) is 29.7 Å². The topological polar surface area (TPSA) is 59.9 Å². The number of nitrogens with one attached hydrogen (secondary N) is 2. The fourth-order valence-corrected chi connectivity index (χ4v) is 3.31. The number of aliphatic imine (C=N–C) groups is 1. The average Bonchev–Trinajstić information content (AvgIpc) is 3.09. The molecule has 1 atom stereocenters. The van der Waals surface area contributed by atoms with Gasteiger partial charge < -0.3 is 20.6 Å². The van der Waals surface area contributed by atoms with Gasteiger partial charge in [-0.1, -0.05) is 29.8 Å². The van der Waals surface area contributed by atoms with Crippen LogP contribution in [0.5, 0.6) is 5.75 Å². The lowest BCUT2D eigenvalue weighted by molar-refractivity contribution is 0.474. The van der Waals surface area contributed by atoms with Crippen LogP contribution in [-0.4, -0.2) is 36.7 Å². The van der Waals surface area contributed by atoms with Crippen LogP contribution >= 0.6 is 35.6 Å². The number of benzene rings is 2. The van der Waals surface area contributed by atoms with Crippen molar-refractivity contribution in [1.29, 1.82) is 0 Å². The Hall–Kier alpha value is -1.67. The van der Waals surface area contributed by atoms with E-state index >= 15 is 0 Å². The minimum atomic E-state index is 0. The Labute approximate surface area is 182 Å². The van der Waals surface area contributed by atoms with Crippen LogP contribution < -0.4 is 15.5 Å². The SMILES string of the molecule is CCNC(=NCc1cccc(O)c1)NC1CCN(c2cccc(Cl)c2)C1.I. The van der Waals surface area contributed by atoms with Crippen molar-refractivity contribution in [2.24, 2.45) is 4.99 Å². The number of aromatic hydroxyl groups is 1. The van der Waals surface area contributed by atoms with Crippen molar-refractivity contribution < 1.29 is 5.11 Å². The largest absolute Gasteiger partial charge is 0.508 e. The summed E-state index contributed by atoms with van der Waals surface area (Å²) >= 11 is 6.11. The van der Waals surface area contributed by atoms with Gasteiger partial charge in [-0.25, -0.2) is 4.99 Å². The molecule has 0 saturated carbocycles. The summed E-state index contributed by atoms with van der Waals surface area (Å²) in [5, 5.41) is 17.2. The molecule has 0 aromatic heterocycles. The predicted molar refractivity (Wildman–Crippen MR) is 124 cm³/mol. The zero-order valence-electron chi connectivity index (χ0n) is 15.4. The molecule has 0 spiro atoms. The third-order valence-corrected chi connectivity index (χ3v) is 4.61. The standard InChI is InChI=1S/C20H25ClN4O.HI/c1-2-22-20(23-13-15-5-3-8-19(26)11-15)24-17-9-10-25(14-17)18-7-4-6-16(21)12-18;/h3-8,11-12,17,26H,2,9-10,13-14H2,1H3,(H2,22,23,24);1H. The van der Waals surface area contributed by atoms with Crippen molar-refractivity contribution in [1.82, 2.24) is 10.6 Å². The van der Waals surface area contributed by atoms with Crippen molar-refractivity contribution >= 4 is 47.2 Å². The predicted octanol–water partition coefficient (Wildman–Crippen LogP) is 4.00. The van der Waals surface area contributed by atoms with E-state index < -0.39 is 0 Å². The average molecular weight is 501 g/mol. The highest BCUT2D eigenvalue weighted by molar-refractivity contribution is 14.0. The molecule has 1 unspecified atom stereocenters. The molecule has 2 aromatic rings. The number of halogens is 2. The van der Waals surface area contributed by atoms with Gasteiger partial charge in [-0.2, -0.15) is 0 Å². The minimum absolute atomic E-state index is 0. The molecule has 3 rings (SSSR count). The second-order valence-corrected chi connectivity index (χ2v) is 6.86. The van der Waals surface area contributed by atoms with E-state index in [1.54, 1.807) is 12.1 Å². The van der Waals surface area contributed by atoms with Crippen molar-refractivity contribution in [2.75, 3.05) is 24.5 Å². The van der Waals surface area contributed by atoms with Gasteiger partial charge in [0, 0.05) is 36.4 Å². The summed E-state index contributed by atoms with van der Waals surface area (Å²) in [6, 6.07) is 15.5. The first-order valence-electron chi connectivity index (χ1n) is 8.97. The smallest absolute Gasteiger partial charge is 0.191 e. The normalized spacial score (nSPS) is 16.7. The molecule has 5 nitrogen and oxygen atoms in total. The summed E-state index contributed by atoms with van der Waals surface area (Å²) in [5.74, 6) is 1.07. The monoisotopic (exact) mass is 500 g/mol. The van der Waals surface area contributed by atoms with Crippen LogP contribution in [0.2, 0.25) is 5.02 Å². The molecule has 1 aliphatic heterocycles. The molecule has 0 aliphatic carbocycles. The van der Waals surface area contributed by atoms with Crippen LogP contribution in [0.4, 0.5) is 5.69 Å². The van der Waals surface area contributed by atoms with Crippen molar-refractivity contribution in [2.45, 2.75) is 25.9 Å². The number of phenolic OH excluding ortho intramolecular Hbond substituents is 1. The molecule has 1 heterocycles. The van der Waals surface area contributed by atoms with Gasteiger partial charge in [0.1, 0.15) is 5.75 Å². The third-order valence-electron chi connectivity index (χ3n) is 4.38. The summed E-state index contributed by atoms with van der Waals surface area (Å²) in [6.45, 7) is 5.28. The molecule has 0 amide bonds. The first kappa shape index (κ1) is 21.6. The van der Waals surface area contributed by atoms with Gasteiger partial charge in [0.05, 0.1) is 6.54 Å². The van der Waals surface area contributed by atoms with Crippen LogP contribution in [0.1, 0.15) is 18.9 Å². The van der Waals surface area contributed by atoms with E-state index in [0.717, 1.165) is 48.3 Å². The Balaban J connectivity index is 0.00000261. The number of phenols is 1. The van der Waals surface area contributed by atoms with Gasteiger partial charge in [0.2, 0.25) is 0 Å². The van der Waals surface area contributed by atoms with Gasteiger partial charge in [-0.3, -0.25) is 0 Å². The van der Waals surface area contributed by atoms with Crippen LogP contribution in [0.15, 0.2) is 53.5 Å². The number of hydrogen-bond donors (Lipinski definition) is 3. The van der Waals surface area contributed by atoms with Crippen LogP contribution in [0, 0.1) is 0 Å². The zero-order chi connectivity index (χ0) is 18.4. The highest BCUT2D eigenvalue weighted by Gasteiger charge is 2.23. The molecule has 1 saturated heterocycles. The van der Waals surface area contributed by atoms with Gasteiger partial charge in [-0.05, 0) is 49.2 Å². The maximum absolute atomic E-state index is 9.57. The van der Waals surface area contributed by atoms with Crippen LogP contribution in [0.3, 0.4) is 0 Å². The molecule has 1 aliphatic rings. The fourth-order valence-electron chi connectivity index (χ4n) is 3.12. The van der Waals surface area contributed by atoms with Gasteiger partial charge in [0.25, 0.3) is 0 Å². The molecule has 2 aromatic carbocycles. The maximum atomic E-state index is 9.57. The lowest BCUT2D eigenvalue weighted by atomic mass is 10.2. The lowest BCUT2D eigenvalue weighted by Crippen LogP contribution is -2.44. The summed E-state index contributed by atoms with van der Waals surface area (Å²) in [4.78, 5) is 6.98. The molecule has 146 valence electrons. The second kappa shape index (κ2) is 10.6. The summed E-state index contributed by atoms with van der Waals surface area (Å²) in [7, 11) is 0. The van der Waals surface area contributed by atoms with E-state index in [4.69, 9.17) is 11.6 Å². The number of anilines is 1. The van der Waals surface area contributed by atoms with Crippen molar-refractivity contribution in [3.05, 3.63) is 59.1 Å². The summed E-state index contributed by atoms with van der Waals surface area (Å²) < 4.78 is 0. The fraction of sp³-hybridized carbons (Fsp3) is 0.350. The van der Waals surface area contributed by atoms with E-state index in [1.165, 1.54) is 0 Å². The summed E-state index contributed by atoms with van der Waals surface area (Å²) in [5.41, 5.74) is 2.14. The Bertz CT molecular complexity index is 771. The highest BCUT2D eigenvalue weighted by atomic mass is 127. The lowest BCUT2D eigenvalue weighted by Gasteiger charge is -2.20. The maximum Gasteiger partial charge on any atom is 0.191 e. The van der Waals surface area contributed by atoms with Crippen LogP contribution in [-0.2, 0) is 6.54 Å². The highest BCUT2D eigenvalue weighted by Crippen LogP contribution is 2.23. The van der Waals surface area contributed by atoms with E-state index in [9.17, 15) is 5.11 Å². The molecule has 0 radical (unpaired) electrons. The molecule has 1 fully saturated rings. The Morgan fingerprint density at radius 1 is 1.26 bits per heavy atom. The zero-order valence-corrected chi connectivity index (χ0v) is 18.4. The summed E-state index contributed by atoms with van der Waals surface area (Å²) in [6.07, 6.45) is 1.04. The Morgan fingerprint density at radius 2 is 2.07 bits per heavy atom. The Kier molecular flexibility index (Phi) is 8.50. The van der Waals surface area contributed by atoms with E-state index in [1.807, 2.05) is 30.3 Å². The van der Waals surface area contributed by atoms with Gasteiger partial charge >= 0.3 is 0 Å². The van der Waals surface area contributed by atoms with E-state index in [0.29, 0.717) is 12.6 Å². The van der Waals surface area contributed by atoms with Crippen molar-refractivity contribution in [3.63, 3.8) is 0 Å². The molecule has 7 heteroatoms. The third kappa shape index (κ3) is 6.46. The van der Waals surface area contributed by atoms with Crippen molar-refractivity contribution in [3.8, 4) is 5.75 Å². The first-order chi connectivity index (χ1) is 12.6. The molecule has 27 heavy (non-hydrogen) atoms. The molecule has 0 bridgehead atoms. The van der Waals surface area contributed by atoms with Gasteiger partial charge in [0.15, 0.2) is 5.96 Å². The minimum Gasteiger partial charge on any atom is -0.508 e. The number of guanidine groups is 1. The Morgan fingerprint density at radius 3 is 2.81 bits per heavy atom. The quantitative estimate of drug-likeness (QED) is 0.330. The second-order valence-electron chi connectivity index (χ2n) is 6.42.